The summed E-state index contributed by atoms with van der Waals surface area (Å²) in [5.41, 5.74) is 1.62. The van der Waals surface area contributed by atoms with Crippen molar-refractivity contribution in [3.63, 3.8) is 0 Å². The number of piperidine rings is 2. The van der Waals surface area contributed by atoms with Gasteiger partial charge in [-0.3, -0.25) is 4.79 Å². The van der Waals surface area contributed by atoms with E-state index in [0.717, 1.165) is 32.1 Å². The predicted molar refractivity (Wildman–Crippen MR) is 129 cm³/mol. The molecule has 0 spiro atoms. The van der Waals surface area contributed by atoms with E-state index < -0.39 is 10.0 Å². The van der Waals surface area contributed by atoms with Crippen molar-refractivity contribution < 1.29 is 17.9 Å². The molecule has 2 aliphatic rings. The Kier molecular flexibility index (Phi) is 7.39. The summed E-state index contributed by atoms with van der Waals surface area (Å²) in [6, 6.07) is 15.0. The molecule has 0 aromatic heterocycles. The minimum atomic E-state index is -3.67. The zero-order valence-corrected chi connectivity index (χ0v) is 20.4. The molecule has 6 nitrogen and oxygen atoms in total. The molecule has 7 heteroatoms. The molecule has 2 saturated heterocycles. The quantitative estimate of drug-likeness (QED) is 0.634. The lowest BCUT2D eigenvalue weighted by atomic mass is 9.91. The normalized spacial score (nSPS) is 18.9. The lowest BCUT2D eigenvalue weighted by Crippen LogP contribution is -2.39. The predicted octanol–water partition coefficient (Wildman–Crippen LogP) is 4.21. The van der Waals surface area contributed by atoms with Crippen molar-refractivity contribution in [1.82, 2.24) is 9.21 Å². The number of methoxy groups -OCH3 is 1. The summed E-state index contributed by atoms with van der Waals surface area (Å²) in [4.78, 5) is 15.2. The van der Waals surface area contributed by atoms with Gasteiger partial charge in [-0.25, -0.2) is 8.42 Å². The molecular weight excluding hydrogens is 436 g/mol. The molecular formula is C26H34N2O4S. The van der Waals surface area contributed by atoms with E-state index in [4.69, 9.17) is 4.74 Å². The number of hydrogen-bond donors (Lipinski definition) is 0. The van der Waals surface area contributed by atoms with Crippen LogP contribution in [0.1, 0.15) is 48.5 Å². The smallest absolute Gasteiger partial charge is 0.257 e. The maximum atomic E-state index is 13.4. The Hall–Kier alpha value is -2.38. The Morgan fingerprint density at radius 2 is 1.64 bits per heavy atom. The fraction of sp³-hybridized carbons (Fsp3) is 0.500. The summed E-state index contributed by atoms with van der Waals surface area (Å²) >= 11 is 0. The Bertz CT molecular complexity index is 1050. The van der Waals surface area contributed by atoms with Gasteiger partial charge >= 0.3 is 0 Å². The van der Waals surface area contributed by atoms with Gasteiger partial charge in [-0.05, 0) is 67.7 Å². The van der Waals surface area contributed by atoms with Gasteiger partial charge in [-0.1, -0.05) is 37.3 Å². The second-order valence-electron chi connectivity index (χ2n) is 9.37. The summed E-state index contributed by atoms with van der Waals surface area (Å²) in [6.07, 6.45) is 4.57. The molecule has 33 heavy (non-hydrogen) atoms. The van der Waals surface area contributed by atoms with Gasteiger partial charge in [0.2, 0.25) is 10.0 Å². The minimum absolute atomic E-state index is 0.155. The first kappa shape index (κ1) is 23.8. The topological polar surface area (TPSA) is 66.9 Å². The number of carbonyl (C=O) groups excluding carboxylic acids is 1. The Morgan fingerprint density at radius 1 is 0.970 bits per heavy atom. The number of nitrogens with zero attached hydrogens (tertiary/aromatic N) is 2. The number of rotatable bonds is 6. The number of carbonyl (C=O) groups is 1. The number of benzene rings is 2. The van der Waals surface area contributed by atoms with Crippen molar-refractivity contribution in [1.29, 1.82) is 0 Å². The highest BCUT2D eigenvalue weighted by Crippen LogP contribution is 2.30. The van der Waals surface area contributed by atoms with Crippen LogP contribution in [0, 0.1) is 11.8 Å². The number of amides is 1. The summed E-state index contributed by atoms with van der Waals surface area (Å²) in [6.45, 7) is 4.57. The number of sulfonamides is 1. The fourth-order valence-corrected chi connectivity index (χ4v) is 6.34. The number of hydrogen-bond acceptors (Lipinski definition) is 4. The summed E-state index contributed by atoms with van der Waals surface area (Å²) in [7, 11) is -2.16. The Morgan fingerprint density at radius 3 is 2.27 bits per heavy atom. The summed E-state index contributed by atoms with van der Waals surface area (Å²) in [5, 5.41) is 0. The van der Waals surface area contributed by atoms with E-state index in [-0.39, 0.29) is 10.8 Å². The molecule has 2 aromatic rings. The van der Waals surface area contributed by atoms with Gasteiger partial charge in [0.1, 0.15) is 5.75 Å². The van der Waals surface area contributed by atoms with Crippen molar-refractivity contribution in [2.45, 2.75) is 43.9 Å². The molecule has 0 radical (unpaired) electrons. The van der Waals surface area contributed by atoms with Gasteiger partial charge in [0.25, 0.3) is 5.91 Å². The van der Waals surface area contributed by atoms with Crippen molar-refractivity contribution in [2.75, 3.05) is 33.3 Å². The van der Waals surface area contributed by atoms with Crippen LogP contribution in [0.4, 0.5) is 0 Å². The van der Waals surface area contributed by atoms with Gasteiger partial charge in [0, 0.05) is 26.2 Å². The van der Waals surface area contributed by atoms with Crippen LogP contribution in [0.5, 0.6) is 5.75 Å². The maximum absolute atomic E-state index is 13.4. The molecule has 178 valence electrons. The summed E-state index contributed by atoms with van der Waals surface area (Å²) < 4.78 is 33.8. The molecule has 2 aliphatic heterocycles. The molecule has 1 amide bonds. The average Bonchev–Trinajstić information content (AvgIpc) is 2.84. The van der Waals surface area contributed by atoms with Crippen LogP contribution in [0.2, 0.25) is 0 Å². The van der Waals surface area contributed by atoms with Crippen LogP contribution in [0.3, 0.4) is 0 Å². The largest absolute Gasteiger partial charge is 0.496 e. The van der Waals surface area contributed by atoms with Gasteiger partial charge < -0.3 is 9.64 Å². The highest BCUT2D eigenvalue weighted by Gasteiger charge is 2.31. The number of ether oxygens (including phenoxy) is 1. The van der Waals surface area contributed by atoms with Crippen LogP contribution in [-0.2, 0) is 16.4 Å². The van der Waals surface area contributed by atoms with Crippen molar-refractivity contribution in [2.24, 2.45) is 11.8 Å². The second kappa shape index (κ2) is 10.3. The maximum Gasteiger partial charge on any atom is 0.257 e. The highest BCUT2D eigenvalue weighted by atomic mass is 32.2. The molecule has 2 aromatic carbocycles. The van der Waals surface area contributed by atoms with Crippen LogP contribution in [-0.4, -0.2) is 56.8 Å². The van der Waals surface area contributed by atoms with E-state index in [2.05, 4.69) is 19.1 Å². The number of likely N-dealkylation sites (tertiary alicyclic amines) is 1. The van der Waals surface area contributed by atoms with Gasteiger partial charge in [0.05, 0.1) is 17.6 Å². The van der Waals surface area contributed by atoms with E-state index in [0.29, 0.717) is 49.3 Å². The SMILES string of the molecule is COc1ccc(S(=O)(=O)N2CCC(Cc3ccccc3)CC2)cc1C(=O)N1CCC(C)CC1. The molecule has 0 bridgehead atoms. The van der Waals surface area contributed by atoms with Crippen LogP contribution < -0.4 is 4.74 Å². The molecule has 0 unspecified atom stereocenters. The Labute approximate surface area is 197 Å². The third-order valence-electron chi connectivity index (χ3n) is 7.05. The standard InChI is InChI=1S/C26H34N2O4S/c1-20-10-14-27(15-11-20)26(29)24-19-23(8-9-25(24)32-2)33(30,31)28-16-12-22(13-17-28)18-21-6-4-3-5-7-21/h3-9,19-20,22H,10-18H2,1-2H3. The van der Waals surface area contributed by atoms with E-state index in [1.807, 2.05) is 23.1 Å². The van der Waals surface area contributed by atoms with Crippen molar-refractivity contribution in [3.8, 4) is 5.75 Å². The first-order valence-electron chi connectivity index (χ1n) is 11.9. The van der Waals surface area contributed by atoms with Gasteiger partial charge in [0.15, 0.2) is 0 Å². The van der Waals surface area contributed by atoms with E-state index in [1.54, 1.807) is 16.4 Å². The third-order valence-corrected chi connectivity index (χ3v) is 8.95. The molecule has 0 saturated carbocycles. The second-order valence-corrected chi connectivity index (χ2v) is 11.3. The van der Waals surface area contributed by atoms with E-state index in [1.165, 1.54) is 18.7 Å². The highest BCUT2D eigenvalue weighted by molar-refractivity contribution is 7.89. The van der Waals surface area contributed by atoms with E-state index in [9.17, 15) is 13.2 Å². The summed E-state index contributed by atoms with van der Waals surface area (Å²) in [5.74, 6) is 1.34. The third kappa shape index (κ3) is 5.41. The average molecular weight is 471 g/mol. The van der Waals surface area contributed by atoms with Gasteiger partial charge in [-0.15, -0.1) is 0 Å². The molecule has 0 aliphatic carbocycles. The molecule has 0 atom stereocenters. The first-order valence-corrected chi connectivity index (χ1v) is 13.3. The lowest BCUT2D eigenvalue weighted by molar-refractivity contribution is 0.0693. The van der Waals surface area contributed by atoms with Gasteiger partial charge in [-0.2, -0.15) is 4.31 Å². The molecule has 2 fully saturated rings. The zero-order chi connectivity index (χ0) is 23.4. The lowest BCUT2D eigenvalue weighted by Gasteiger charge is -2.32. The van der Waals surface area contributed by atoms with Crippen LogP contribution in [0.15, 0.2) is 53.4 Å². The first-order chi connectivity index (χ1) is 15.9. The molecule has 0 N–H and O–H groups in total. The molecule has 4 rings (SSSR count). The van der Waals surface area contributed by atoms with Crippen LogP contribution in [0.25, 0.3) is 0 Å². The van der Waals surface area contributed by atoms with E-state index >= 15 is 0 Å². The molecule has 2 heterocycles. The Balaban J connectivity index is 1.47. The minimum Gasteiger partial charge on any atom is -0.496 e. The van der Waals surface area contributed by atoms with Crippen molar-refractivity contribution >= 4 is 15.9 Å². The zero-order valence-electron chi connectivity index (χ0n) is 19.6. The fourth-order valence-electron chi connectivity index (χ4n) is 4.85. The monoisotopic (exact) mass is 470 g/mol. The van der Waals surface area contributed by atoms with Crippen LogP contribution >= 0.6 is 0 Å². The van der Waals surface area contributed by atoms with Crippen molar-refractivity contribution in [3.05, 3.63) is 59.7 Å².